The van der Waals surface area contributed by atoms with Crippen LogP contribution in [0.4, 0.5) is 0 Å². The highest BCUT2D eigenvalue weighted by molar-refractivity contribution is 6.80. The van der Waals surface area contributed by atoms with Crippen molar-refractivity contribution >= 4 is 8.07 Å². The predicted octanol–water partition coefficient (Wildman–Crippen LogP) is 3.00. The van der Waals surface area contributed by atoms with Gasteiger partial charge in [0, 0.05) is 6.04 Å². The lowest BCUT2D eigenvalue weighted by atomic mass is 10.2. The first-order chi connectivity index (χ1) is 6.35. The molecule has 1 spiro atoms. The first-order valence-electron chi connectivity index (χ1n) is 6.02. The molecule has 1 nitrogen and oxygen atoms in total. The van der Waals surface area contributed by atoms with Gasteiger partial charge in [0.25, 0.3) is 0 Å². The van der Waals surface area contributed by atoms with Gasteiger partial charge in [0.1, 0.15) is 0 Å². The van der Waals surface area contributed by atoms with Gasteiger partial charge in [-0.1, -0.05) is 43.4 Å². The standard InChI is InChI=1S/C11H23NSi/c1-12-11-5-9-13(10-6-11)7-3-2-4-8-13/h11-12H,2-10H2,1H3. The minimum atomic E-state index is -0.668. The fourth-order valence-corrected chi connectivity index (χ4v) is 8.74. The van der Waals surface area contributed by atoms with E-state index in [2.05, 4.69) is 12.4 Å². The molecule has 2 aliphatic rings. The van der Waals surface area contributed by atoms with E-state index in [0.29, 0.717) is 0 Å². The molecule has 1 N–H and O–H groups in total. The molecule has 0 atom stereocenters. The third-order valence-electron chi connectivity index (χ3n) is 4.37. The first-order valence-corrected chi connectivity index (χ1v) is 8.85. The van der Waals surface area contributed by atoms with E-state index in [1.54, 1.807) is 37.0 Å². The van der Waals surface area contributed by atoms with E-state index in [9.17, 15) is 0 Å². The molecule has 0 unspecified atom stereocenters. The molecule has 0 aromatic carbocycles. The average molecular weight is 197 g/mol. The molecule has 0 aromatic rings. The second-order valence-corrected chi connectivity index (χ2v) is 10.1. The molecule has 13 heavy (non-hydrogen) atoms. The second-order valence-electron chi connectivity index (χ2n) is 5.12. The topological polar surface area (TPSA) is 12.0 Å². The van der Waals surface area contributed by atoms with Gasteiger partial charge in [-0.25, -0.2) is 0 Å². The zero-order valence-electron chi connectivity index (χ0n) is 8.94. The molecule has 2 aliphatic heterocycles. The van der Waals surface area contributed by atoms with Crippen LogP contribution in [0.2, 0.25) is 24.2 Å². The summed E-state index contributed by atoms with van der Waals surface area (Å²) >= 11 is 0. The van der Waals surface area contributed by atoms with Crippen molar-refractivity contribution in [2.45, 2.75) is 62.3 Å². The molecule has 0 aliphatic carbocycles. The lowest BCUT2D eigenvalue weighted by Gasteiger charge is -2.41. The minimum absolute atomic E-state index is 0.668. The van der Waals surface area contributed by atoms with Gasteiger partial charge >= 0.3 is 0 Å². The van der Waals surface area contributed by atoms with E-state index < -0.39 is 8.07 Å². The van der Waals surface area contributed by atoms with Gasteiger partial charge < -0.3 is 5.32 Å². The van der Waals surface area contributed by atoms with Gasteiger partial charge in [0.05, 0.1) is 8.07 Å². The molecular formula is C11H23NSi. The molecular weight excluding hydrogens is 174 g/mol. The Labute approximate surface area is 83.3 Å². The molecule has 0 amide bonds. The second kappa shape index (κ2) is 4.14. The van der Waals surface area contributed by atoms with Crippen LogP contribution in [0, 0.1) is 0 Å². The molecule has 2 heterocycles. The summed E-state index contributed by atoms with van der Waals surface area (Å²) in [6.45, 7) is 0. The summed E-state index contributed by atoms with van der Waals surface area (Å²) in [5.41, 5.74) is 0. The fraction of sp³-hybridized carbons (Fsp3) is 1.00. The number of nitrogens with one attached hydrogen (secondary N) is 1. The monoisotopic (exact) mass is 197 g/mol. The van der Waals surface area contributed by atoms with E-state index in [4.69, 9.17) is 0 Å². The SMILES string of the molecule is CNC1CC[Si]2(CCCCC2)CC1. The van der Waals surface area contributed by atoms with Gasteiger partial charge in [-0.2, -0.15) is 0 Å². The summed E-state index contributed by atoms with van der Waals surface area (Å²) in [4.78, 5) is 0. The summed E-state index contributed by atoms with van der Waals surface area (Å²) in [7, 11) is 1.46. The van der Waals surface area contributed by atoms with Crippen molar-refractivity contribution in [2.75, 3.05) is 7.05 Å². The van der Waals surface area contributed by atoms with E-state index in [0.717, 1.165) is 6.04 Å². The Morgan fingerprint density at radius 1 is 0.923 bits per heavy atom. The highest BCUT2D eigenvalue weighted by atomic mass is 28.3. The van der Waals surface area contributed by atoms with Crippen molar-refractivity contribution in [2.24, 2.45) is 0 Å². The third kappa shape index (κ3) is 2.16. The molecule has 76 valence electrons. The van der Waals surface area contributed by atoms with E-state index in [1.165, 1.54) is 19.3 Å². The van der Waals surface area contributed by atoms with E-state index >= 15 is 0 Å². The van der Waals surface area contributed by atoms with Crippen molar-refractivity contribution in [1.29, 1.82) is 0 Å². The molecule has 0 radical (unpaired) electrons. The zero-order chi connectivity index (χ0) is 9.15. The van der Waals surface area contributed by atoms with Gasteiger partial charge in [-0.3, -0.25) is 0 Å². The zero-order valence-corrected chi connectivity index (χ0v) is 9.94. The first kappa shape index (κ1) is 9.72. The van der Waals surface area contributed by atoms with Crippen LogP contribution in [0.15, 0.2) is 0 Å². The molecule has 2 fully saturated rings. The van der Waals surface area contributed by atoms with Crippen LogP contribution in [0.25, 0.3) is 0 Å². The van der Waals surface area contributed by atoms with Crippen molar-refractivity contribution in [1.82, 2.24) is 5.32 Å². The summed E-state index contributed by atoms with van der Waals surface area (Å²) in [6.07, 6.45) is 7.64. The maximum absolute atomic E-state index is 3.45. The van der Waals surface area contributed by atoms with Crippen LogP contribution >= 0.6 is 0 Å². The van der Waals surface area contributed by atoms with Crippen molar-refractivity contribution in [3.8, 4) is 0 Å². The highest BCUT2D eigenvalue weighted by Gasteiger charge is 2.37. The van der Waals surface area contributed by atoms with Gasteiger partial charge in [0.2, 0.25) is 0 Å². The van der Waals surface area contributed by atoms with Crippen LogP contribution in [0.1, 0.15) is 32.1 Å². The van der Waals surface area contributed by atoms with Crippen LogP contribution < -0.4 is 5.32 Å². The van der Waals surface area contributed by atoms with Crippen molar-refractivity contribution in [3.05, 3.63) is 0 Å². The predicted molar refractivity (Wildman–Crippen MR) is 60.9 cm³/mol. The Bertz CT molecular complexity index is 153. The number of rotatable bonds is 1. The summed E-state index contributed by atoms with van der Waals surface area (Å²) in [5.74, 6) is 0. The van der Waals surface area contributed by atoms with E-state index in [-0.39, 0.29) is 0 Å². The Balaban J connectivity index is 1.87. The summed E-state index contributed by atoms with van der Waals surface area (Å²) in [6, 6.07) is 7.48. The maximum Gasteiger partial charge on any atom is 0.0537 e. The largest absolute Gasteiger partial charge is 0.317 e. The smallest absolute Gasteiger partial charge is 0.0537 e. The van der Waals surface area contributed by atoms with E-state index in [1.807, 2.05) is 0 Å². The Morgan fingerprint density at radius 2 is 1.54 bits per heavy atom. The van der Waals surface area contributed by atoms with Crippen LogP contribution in [-0.2, 0) is 0 Å². The summed E-state index contributed by atoms with van der Waals surface area (Å²) < 4.78 is 0. The van der Waals surface area contributed by atoms with Crippen LogP contribution in [0.3, 0.4) is 0 Å². The van der Waals surface area contributed by atoms with Gasteiger partial charge in [-0.15, -0.1) is 0 Å². The molecule has 2 rings (SSSR count). The minimum Gasteiger partial charge on any atom is -0.317 e. The van der Waals surface area contributed by atoms with Crippen molar-refractivity contribution < 1.29 is 0 Å². The quantitative estimate of drug-likeness (QED) is 0.637. The Hall–Kier alpha value is 0.177. The lowest BCUT2D eigenvalue weighted by Crippen LogP contribution is -2.43. The number of hydrogen-bond acceptors (Lipinski definition) is 1. The number of hydrogen-bond donors (Lipinski definition) is 1. The highest BCUT2D eigenvalue weighted by Crippen LogP contribution is 2.40. The maximum atomic E-state index is 3.45. The molecule has 0 aromatic heterocycles. The van der Waals surface area contributed by atoms with Gasteiger partial charge in [0.15, 0.2) is 0 Å². The molecule has 2 heteroatoms. The third-order valence-corrected chi connectivity index (χ3v) is 9.90. The fourth-order valence-electron chi connectivity index (χ4n) is 3.32. The Kier molecular flexibility index (Phi) is 3.09. The Morgan fingerprint density at radius 3 is 2.08 bits per heavy atom. The van der Waals surface area contributed by atoms with Crippen LogP contribution in [0.5, 0.6) is 0 Å². The molecule has 2 saturated heterocycles. The molecule has 0 saturated carbocycles. The lowest BCUT2D eigenvalue weighted by molar-refractivity contribution is 0.495. The molecule has 0 bridgehead atoms. The summed E-state index contributed by atoms with van der Waals surface area (Å²) in [5, 5.41) is 3.45. The average Bonchev–Trinajstić information content (AvgIpc) is 2.20. The van der Waals surface area contributed by atoms with Gasteiger partial charge in [-0.05, 0) is 19.9 Å². The van der Waals surface area contributed by atoms with Crippen molar-refractivity contribution in [3.63, 3.8) is 0 Å². The van der Waals surface area contributed by atoms with Crippen LogP contribution in [-0.4, -0.2) is 21.2 Å². The normalized spacial score (nSPS) is 29.3.